The quantitative estimate of drug-likeness (QED) is 0.789. The number of carbonyl (C=O) groups excluding carboxylic acids is 1. The van der Waals surface area contributed by atoms with Gasteiger partial charge in [-0.15, -0.1) is 22.7 Å². The first-order chi connectivity index (χ1) is 10.6. The van der Waals surface area contributed by atoms with E-state index in [0.717, 1.165) is 29.1 Å². The first kappa shape index (κ1) is 15.7. The van der Waals surface area contributed by atoms with Crippen molar-refractivity contribution < 1.29 is 17.9 Å². The summed E-state index contributed by atoms with van der Waals surface area (Å²) < 4.78 is 32.1. The molecule has 118 valence electrons. The Morgan fingerprint density at radius 2 is 2.14 bits per heavy atom. The molecule has 8 heteroatoms. The Bertz CT molecular complexity index is 764. The zero-order valence-electron chi connectivity index (χ0n) is 11.9. The van der Waals surface area contributed by atoms with Crippen LogP contribution in [0.15, 0.2) is 33.9 Å². The van der Waals surface area contributed by atoms with Gasteiger partial charge in [0.15, 0.2) is 0 Å². The van der Waals surface area contributed by atoms with Crippen LogP contribution in [0.1, 0.15) is 33.4 Å². The number of thiophene rings is 2. The summed E-state index contributed by atoms with van der Waals surface area (Å²) in [5, 5.41) is 3.55. The van der Waals surface area contributed by atoms with E-state index in [0.29, 0.717) is 6.54 Å². The molecule has 0 N–H and O–H groups in total. The van der Waals surface area contributed by atoms with Crippen LogP contribution in [-0.4, -0.2) is 32.3 Å². The maximum Gasteiger partial charge on any atom is 0.349 e. The average molecular weight is 357 g/mol. The normalized spacial score (nSPS) is 19.4. The summed E-state index contributed by atoms with van der Waals surface area (Å²) in [6.07, 6.45) is 1.62. The van der Waals surface area contributed by atoms with Gasteiger partial charge < -0.3 is 4.74 Å². The third-order valence-corrected chi connectivity index (χ3v) is 7.61. The Morgan fingerprint density at radius 1 is 1.32 bits per heavy atom. The van der Waals surface area contributed by atoms with Gasteiger partial charge >= 0.3 is 5.97 Å². The first-order valence-electron chi connectivity index (χ1n) is 6.76. The predicted octanol–water partition coefficient (Wildman–Crippen LogP) is 3.12. The number of carbonyl (C=O) groups is 1. The molecule has 0 radical (unpaired) electrons. The van der Waals surface area contributed by atoms with Gasteiger partial charge in [0.25, 0.3) is 0 Å². The third kappa shape index (κ3) is 2.60. The SMILES string of the molecule is COC(=O)c1sccc1S(=O)(=O)N1CCCC1c1cccs1. The third-order valence-electron chi connectivity index (χ3n) is 3.66. The number of rotatable bonds is 4. The van der Waals surface area contributed by atoms with Crippen LogP contribution in [0.5, 0.6) is 0 Å². The highest BCUT2D eigenvalue weighted by Crippen LogP contribution is 2.39. The van der Waals surface area contributed by atoms with E-state index in [1.807, 2.05) is 17.5 Å². The maximum atomic E-state index is 13.0. The fourth-order valence-corrected chi connectivity index (χ4v) is 6.59. The van der Waals surface area contributed by atoms with Crippen molar-refractivity contribution >= 4 is 38.7 Å². The topological polar surface area (TPSA) is 63.7 Å². The van der Waals surface area contributed by atoms with E-state index in [9.17, 15) is 13.2 Å². The Kier molecular flexibility index (Phi) is 4.35. The number of sulfonamides is 1. The molecule has 1 saturated heterocycles. The van der Waals surface area contributed by atoms with Crippen molar-refractivity contribution in [2.24, 2.45) is 0 Å². The molecule has 5 nitrogen and oxygen atoms in total. The van der Waals surface area contributed by atoms with Crippen LogP contribution < -0.4 is 0 Å². The largest absolute Gasteiger partial charge is 0.465 e. The molecule has 1 atom stereocenters. The summed E-state index contributed by atoms with van der Waals surface area (Å²) >= 11 is 2.65. The lowest BCUT2D eigenvalue weighted by atomic mass is 10.2. The molecule has 2 aromatic heterocycles. The predicted molar refractivity (Wildman–Crippen MR) is 85.8 cm³/mol. The lowest BCUT2D eigenvalue weighted by molar-refractivity contribution is 0.0602. The monoisotopic (exact) mass is 357 g/mol. The molecule has 1 aliphatic rings. The molecule has 2 aromatic rings. The van der Waals surface area contributed by atoms with Gasteiger partial charge in [0, 0.05) is 11.4 Å². The highest BCUT2D eigenvalue weighted by atomic mass is 32.2. The van der Waals surface area contributed by atoms with Gasteiger partial charge in [0.1, 0.15) is 9.77 Å². The highest BCUT2D eigenvalue weighted by Gasteiger charge is 2.39. The average Bonchev–Trinajstić information content (AvgIpc) is 3.25. The minimum atomic E-state index is -3.71. The second-order valence-corrected chi connectivity index (χ2v) is 8.65. The fourth-order valence-electron chi connectivity index (χ4n) is 2.66. The van der Waals surface area contributed by atoms with Gasteiger partial charge in [0.05, 0.1) is 13.2 Å². The molecule has 1 unspecified atom stereocenters. The molecular formula is C14H15NO4S3. The number of methoxy groups -OCH3 is 1. The molecule has 0 aliphatic carbocycles. The second kappa shape index (κ2) is 6.11. The zero-order valence-corrected chi connectivity index (χ0v) is 14.3. The van der Waals surface area contributed by atoms with Crippen molar-refractivity contribution in [3.8, 4) is 0 Å². The number of hydrogen-bond donors (Lipinski definition) is 0. The van der Waals surface area contributed by atoms with Crippen molar-refractivity contribution in [1.29, 1.82) is 0 Å². The van der Waals surface area contributed by atoms with E-state index in [1.165, 1.54) is 17.5 Å². The van der Waals surface area contributed by atoms with E-state index in [-0.39, 0.29) is 15.8 Å². The van der Waals surface area contributed by atoms with E-state index in [4.69, 9.17) is 0 Å². The lowest BCUT2D eigenvalue weighted by Gasteiger charge is -2.23. The van der Waals surface area contributed by atoms with Crippen LogP contribution in [0.4, 0.5) is 0 Å². The summed E-state index contributed by atoms with van der Waals surface area (Å²) in [6.45, 7) is 0.474. The molecule has 22 heavy (non-hydrogen) atoms. The molecular weight excluding hydrogens is 342 g/mol. The first-order valence-corrected chi connectivity index (χ1v) is 9.96. The van der Waals surface area contributed by atoms with Crippen LogP contribution >= 0.6 is 22.7 Å². The Morgan fingerprint density at radius 3 is 2.82 bits per heavy atom. The maximum absolute atomic E-state index is 13.0. The molecule has 0 bridgehead atoms. The van der Waals surface area contributed by atoms with Crippen LogP contribution in [0.2, 0.25) is 0 Å². The van der Waals surface area contributed by atoms with Crippen molar-refractivity contribution in [3.63, 3.8) is 0 Å². The molecule has 0 amide bonds. The standard InChI is InChI=1S/C14H15NO4S3/c1-19-14(16)13-12(6-9-21-13)22(17,18)15-7-2-4-10(15)11-5-3-8-20-11/h3,5-6,8-10H,2,4,7H2,1H3. The fraction of sp³-hybridized carbons (Fsp3) is 0.357. The summed E-state index contributed by atoms with van der Waals surface area (Å²) in [5.41, 5.74) is 0. The Labute approximate surface area is 137 Å². The molecule has 0 saturated carbocycles. The molecule has 1 fully saturated rings. The molecule has 3 rings (SSSR count). The van der Waals surface area contributed by atoms with E-state index < -0.39 is 16.0 Å². The van der Waals surface area contributed by atoms with Gasteiger partial charge in [-0.2, -0.15) is 4.31 Å². The van der Waals surface area contributed by atoms with Gasteiger partial charge in [0.2, 0.25) is 10.0 Å². The molecule has 0 aromatic carbocycles. The smallest absolute Gasteiger partial charge is 0.349 e. The molecule has 3 heterocycles. The summed E-state index contributed by atoms with van der Waals surface area (Å²) in [7, 11) is -2.45. The summed E-state index contributed by atoms with van der Waals surface area (Å²) in [4.78, 5) is 13.0. The van der Waals surface area contributed by atoms with Crippen molar-refractivity contribution in [2.75, 3.05) is 13.7 Å². The summed E-state index contributed by atoms with van der Waals surface area (Å²) in [5.74, 6) is -0.611. The van der Waals surface area contributed by atoms with Gasteiger partial charge in [-0.1, -0.05) is 6.07 Å². The van der Waals surface area contributed by atoms with Crippen LogP contribution in [0.3, 0.4) is 0 Å². The number of ether oxygens (including phenoxy) is 1. The Balaban J connectivity index is 2.00. The number of nitrogens with zero attached hydrogens (tertiary/aromatic N) is 1. The van der Waals surface area contributed by atoms with Crippen molar-refractivity contribution in [3.05, 3.63) is 38.7 Å². The summed E-state index contributed by atoms with van der Waals surface area (Å²) in [6, 6.07) is 5.22. The van der Waals surface area contributed by atoms with E-state index in [2.05, 4.69) is 4.74 Å². The van der Waals surface area contributed by atoms with Crippen LogP contribution in [-0.2, 0) is 14.8 Å². The van der Waals surface area contributed by atoms with Gasteiger partial charge in [-0.3, -0.25) is 0 Å². The van der Waals surface area contributed by atoms with Crippen LogP contribution in [0.25, 0.3) is 0 Å². The molecule has 0 spiro atoms. The second-order valence-electron chi connectivity index (χ2n) is 4.89. The minimum absolute atomic E-state index is 0.0489. The number of hydrogen-bond acceptors (Lipinski definition) is 6. The molecule has 1 aliphatic heterocycles. The zero-order chi connectivity index (χ0) is 15.7. The van der Waals surface area contributed by atoms with Crippen molar-refractivity contribution in [1.82, 2.24) is 4.31 Å². The Hall–Kier alpha value is -1.22. The van der Waals surface area contributed by atoms with Gasteiger partial charge in [-0.05, 0) is 35.7 Å². The van der Waals surface area contributed by atoms with Gasteiger partial charge in [-0.25, -0.2) is 13.2 Å². The number of esters is 1. The highest BCUT2D eigenvalue weighted by molar-refractivity contribution is 7.89. The van der Waals surface area contributed by atoms with E-state index >= 15 is 0 Å². The van der Waals surface area contributed by atoms with E-state index in [1.54, 1.807) is 16.7 Å². The van der Waals surface area contributed by atoms with Crippen LogP contribution in [0, 0.1) is 0 Å². The lowest BCUT2D eigenvalue weighted by Crippen LogP contribution is -2.31. The van der Waals surface area contributed by atoms with Crippen molar-refractivity contribution in [2.45, 2.75) is 23.8 Å². The minimum Gasteiger partial charge on any atom is -0.465 e.